The number of aromatic nitrogens is 8. The van der Waals surface area contributed by atoms with E-state index >= 15 is 0 Å². The van der Waals surface area contributed by atoms with Crippen LogP contribution in [0.15, 0.2) is 170 Å². The van der Waals surface area contributed by atoms with Crippen LogP contribution in [0.4, 0.5) is 0 Å². The average molecular weight is 1060 g/mol. The van der Waals surface area contributed by atoms with Crippen molar-refractivity contribution < 1.29 is 58.6 Å². The number of hydrogen-bond acceptors (Lipinski definition) is 14. The maximum absolute atomic E-state index is 12.1. The molecule has 8 bridgehead atoms. The minimum absolute atomic E-state index is 0.0423. The number of H-pyrrole nitrogens is 2. The zero-order chi connectivity index (χ0) is 54.8. The van der Waals surface area contributed by atoms with Gasteiger partial charge in [-0.05, 0) is 97.1 Å². The topological polar surface area (TPSA) is 295 Å². The third-order valence-corrected chi connectivity index (χ3v) is 13.1. The molecule has 0 fully saturated rings. The Morgan fingerprint density at radius 3 is 0.838 bits per heavy atom. The summed E-state index contributed by atoms with van der Waals surface area (Å²) >= 11 is 0. The number of aromatic carboxylic acids is 4. The Morgan fingerprint density at radius 2 is 0.550 bits per heavy atom. The molecule has 20 heteroatoms. The van der Waals surface area contributed by atoms with Gasteiger partial charge in [0.1, 0.15) is 45.6 Å². The van der Waals surface area contributed by atoms with Crippen LogP contribution < -0.4 is 18.9 Å². The molecule has 2 aliphatic heterocycles. The van der Waals surface area contributed by atoms with E-state index in [1.165, 1.54) is 97.1 Å². The molecule has 0 aliphatic carbocycles. The minimum Gasteiger partial charge on any atom is -0.478 e. The molecule has 5 heterocycles. The minimum atomic E-state index is -1.20. The zero-order valence-electron chi connectivity index (χ0n) is 40.9. The van der Waals surface area contributed by atoms with Gasteiger partial charge in [0.05, 0.1) is 33.0 Å². The highest BCUT2D eigenvalue weighted by molar-refractivity contribution is 6.15. The van der Waals surface area contributed by atoms with Gasteiger partial charge >= 0.3 is 23.9 Å². The van der Waals surface area contributed by atoms with E-state index in [0.29, 0.717) is 45.2 Å². The second-order valence-electron chi connectivity index (χ2n) is 18.0. The lowest BCUT2D eigenvalue weighted by Crippen LogP contribution is -2.01. The van der Waals surface area contributed by atoms with Crippen LogP contribution in [0.3, 0.4) is 0 Å². The van der Waals surface area contributed by atoms with Crippen molar-refractivity contribution in [1.29, 1.82) is 0 Å². The second kappa shape index (κ2) is 19.1. The number of nitrogens with one attached hydrogen (secondary N) is 2. The molecule has 13 rings (SSSR count). The van der Waals surface area contributed by atoms with Gasteiger partial charge in [-0.3, -0.25) is 0 Å². The van der Waals surface area contributed by atoms with Crippen molar-refractivity contribution in [3.63, 3.8) is 0 Å². The van der Waals surface area contributed by atoms with Crippen molar-refractivity contribution in [3.8, 4) is 91.5 Å². The summed E-state index contributed by atoms with van der Waals surface area (Å²) in [6.07, 6.45) is 0. The molecular weight excluding hydrogens is 1020 g/mol. The monoisotopic (exact) mass is 1060 g/mol. The summed E-state index contributed by atoms with van der Waals surface area (Å²) in [6.45, 7) is 0. The normalized spacial score (nSPS) is 11.4. The van der Waals surface area contributed by atoms with Crippen LogP contribution in [-0.2, 0) is 0 Å². The largest absolute Gasteiger partial charge is 0.478 e. The number of benzene rings is 8. The van der Waals surface area contributed by atoms with Crippen LogP contribution in [-0.4, -0.2) is 84.2 Å². The number of ether oxygens (including phenoxy) is 4. The standard InChI is InChI=1S/C60H34N8O12/c69-57(70)29-13-21-33(22-14-29)77-45-43-44(46(78-34-23-15-30(16-24-34)58(71)72)48(80-36-27-19-32(20-28-36)60(75)76)47(45)79-35-25-17-31(18-26-35)59(73)74)56-67-54-42-12-6-4-10-40(42)52(65-54)63-50-38-8-2-1-7-37(38)49(61-50)62-51-39-9-3-5-11-41(39)53(64-51)66-55(43)68-56/h1-28H,(H,69,70)(H,71,72)(H,73,74)(H,75,76)(H2,61,62,63,64,65,66,67,68). The number of carboxylic acid groups (broad SMARTS) is 4. The van der Waals surface area contributed by atoms with E-state index in [1.807, 2.05) is 72.8 Å². The van der Waals surface area contributed by atoms with Crippen molar-refractivity contribution in [2.75, 3.05) is 0 Å². The summed E-state index contributed by atoms with van der Waals surface area (Å²) in [5, 5.41) is 41.3. The van der Waals surface area contributed by atoms with Gasteiger partial charge in [-0.2, -0.15) is 0 Å². The maximum atomic E-state index is 12.1. The smallest absolute Gasteiger partial charge is 0.335 e. The van der Waals surface area contributed by atoms with Gasteiger partial charge in [-0.15, -0.1) is 0 Å². The summed E-state index contributed by atoms with van der Waals surface area (Å²) in [5.74, 6) is -4.26. The highest BCUT2D eigenvalue weighted by Gasteiger charge is 2.33. The summed E-state index contributed by atoms with van der Waals surface area (Å²) in [6, 6.07) is 44.4. The van der Waals surface area contributed by atoms with Crippen molar-refractivity contribution in [2.45, 2.75) is 0 Å². The van der Waals surface area contributed by atoms with Gasteiger partial charge in [-0.25, -0.2) is 49.1 Å². The predicted octanol–water partition coefficient (Wildman–Crippen LogP) is 12.8. The summed E-state index contributed by atoms with van der Waals surface area (Å²) in [4.78, 5) is 86.1. The van der Waals surface area contributed by atoms with E-state index in [-0.39, 0.29) is 102 Å². The average Bonchev–Trinajstić information content (AvgIpc) is 4.39. The van der Waals surface area contributed by atoms with Crippen LogP contribution in [0, 0.1) is 0 Å². The van der Waals surface area contributed by atoms with Crippen LogP contribution in [0.5, 0.6) is 46.0 Å². The highest BCUT2D eigenvalue weighted by atomic mass is 16.6. The third-order valence-electron chi connectivity index (χ3n) is 13.1. The van der Waals surface area contributed by atoms with Gasteiger partial charge in [-0.1, -0.05) is 72.8 Å². The first-order valence-electron chi connectivity index (χ1n) is 24.3. The molecule has 11 aromatic rings. The van der Waals surface area contributed by atoms with Crippen molar-refractivity contribution in [3.05, 3.63) is 192 Å². The molecule has 3 aromatic heterocycles. The molecular formula is C60H34N8O12. The molecule has 6 N–H and O–H groups in total. The first-order valence-corrected chi connectivity index (χ1v) is 24.3. The molecule has 0 spiro atoms. The maximum Gasteiger partial charge on any atom is 0.335 e. The Kier molecular flexibility index (Phi) is 11.4. The fraction of sp³-hybridized carbons (Fsp3) is 0. The fourth-order valence-corrected chi connectivity index (χ4v) is 9.30. The first-order chi connectivity index (χ1) is 38.9. The van der Waals surface area contributed by atoms with Crippen LogP contribution in [0.2, 0.25) is 0 Å². The highest BCUT2D eigenvalue weighted by Crippen LogP contribution is 2.58. The first kappa shape index (κ1) is 47.9. The summed E-state index contributed by atoms with van der Waals surface area (Å²) < 4.78 is 27.5. The molecule has 0 amide bonds. The molecule has 0 radical (unpaired) electrons. The van der Waals surface area contributed by atoms with Crippen LogP contribution in [0.1, 0.15) is 41.4 Å². The second-order valence-corrected chi connectivity index (χ2v) is 18.0. The van der Waals surface area contributed by atoms with E-state index in [1.54, 1.807) is 0 Å². The molecule has 386 valence electrons. The predicted molar refractivity (Wildman–Crippen MR) is 290 cm³/mol. The number of aromatic amines is 2. The lowest BCUT2D eigenvalue weighted by molar-refractivity contribution is 0.0686. The van der Waals surface area contributed by atoms with Crippen molar-refractivity contribution >= 4 is 68.0 Å². The number of nitrogens with zero attached hydrogens (tertiary/aromatic N) is 6. The fourth-order valence-electron chi connectivity index (χ4n) is 9.30. The molecule has 20 nitrogen and oxygen atoms in total. The van der Waals surface area contributed by atoms with E-state index in [0.717, 1.165) is 10.8 Å². The number of carboxylic acids is 4. The molecule has 8 aromatic carbocycles. The van der Waals surface area contributed by atoms with Gasteiger partial charge < -0.3 is 49.3 Å². The quantitative estimate of drug-likeness (QED) is 0.0662. The van der Waals surface area contributed by atoms with Crippen molar-refractivity contribution in [1.82, 2.24) is 39.9 Å². The van der Waals surface area contributed by atoms with Crippen molar-refractivity contribution in [2.24, 2.45) is 0 Å². The van der Waals surface area contributed by atoms with Gasteiger partial charge in [0, 0.05) is 33.0 Å². The zero-order valence-corrected chi connectivity index (χ0v) is 40.9. The summed E-state index contributed by atoms with van der Waals surface area (Å²) in [5.41, 5.74) is 3.27. The number of hydrogen-bond donors (Lipinski definition) is 6. The van der Waals surface area contributed by atoms with Gasteiger partial charge in [0.15, 0.2) is 34.8 Å². The summed E-state index contributed by atoms with van der Waals surface area (Å²) in [7, 11) is 0. The number of fused-ring (bicyclic) bond motifs is 20. The molecule has 0 atom stereocenters. The van der Waals surface area contributed by atoms with Crippen LogP contribution >= 0.6 is 0 Å². The lowest BCUT2D eigenvalue weighted by atomic mass is 10.1. The Labute approximate surface area is 448 Å². The number of rotatable bonds is 12. The van der Waals surface area contributed by atoms with E-state index in [4.69, 9.17) is 48.9 Å². The Morgan fingerprint density at radius 1 is 0.300 bits per heavy atom. The van der Waals surface area contributed by atoms with E-state index in [9.17, 15) is 39.6 Å². The SMILES string of the molecule is O=C(O)c1ccc(Oc2c(Oc3ccc(C(=O)O)cc3)c(Oc3ccc(C(=O)O)cc3)c3c4nc5nc(nc6[nH]c(nc7nc(nc([nH]4)c3c2Oc2ccc(C(=O)O)cc2)-c2ccccc2-7)c2ccccc62)-c2ccccc2-5)cc1. The van der Waals surface area contributed by atoms with E-state index in [2.05, 4.69) is 9.97 Å². The number of carbonyl (C=O) groups is 4. The lowest BCUT2D eigenvalue weighted by Gasteiger charge is -2.21. The van der Waals surface area contributed by atoms with Gasteiger partial charge in [0.25, 0.3) is 0 Å². The molecule has 0 unspecified atom stereocenters. The third kappa shape index (κ3) is 8.57. The Bertz CT molecular complexity index is 4310. The van der Waals surface area contributed by atoms with Gasteiger partial charge in [0.2, 0.25) is 11.5 Å². The molecule has 2 aliphatic rings. The molecule has 0 saturated heterocycles. The Balaban J connectivity index is 1.22. The van der Waals surface area contributed by atoms with Crippen LogP contribution in [0.25, 0.3) is 89.7 Å². The molecule has 0 saturated carbocycles. The Hall–Kier alpha value is -11.8. The molecule has 80 heavy (non-hydrogen) atoms. The van der Waals surface area contributed by atoms with E-state index < -0.39 is 23.9 Å².